The second kappa shape index (κ2) is 12.4. The summed E-state index contributed by atoms with van der Waals surface area (Å²) in [5.74, 6) is -0.712. The first-order chi connectivity index (χ1) is 16.8. The summed E-state index contributed by atoms with van der Waals surface area (Å²) in [6, 6.07) is 10.9. The van der Waals surface area contributed by atoms with Gasteiger partial charge in [0.15, 0.2) is 5.13 Å². The molecule has 196 valence electrons. The smallest absolute Gasteiger partial charge is 0.260 e. The summed E-state index contributed by atoms with van der Waals surface area (Å²) in [5, 5.41) is 0.426. The standard InChI is InChI=1S/C25H31FN4O3S2.ClH/c1-28(2)15-8-18-30(25-27-23-21(26)9-7-10-22(23)34-25)24(31)19-11-13-20(14-12-19)35(32,33)29-16-5-3-4-6-17-29;/h7,9-14H,3-6,8,15-18H2,1-2H3;1H. The van der Waals surface area contributed by atoms with Crippen molar-refractivity contribution in [2.24, 2.45) is 0 Å². The number of sulfonamides is 1. The van der Waals surface area contributed by atoms with Gasteiger partial charge in [-0.1, -0.05) is 30.2 Å². The molecule has 3 aromatic rings. The lowest BCUT2D eigenvalue weighted by molar-refractivity contribution is 0.0986. The van der Waals surface area contributed by atoms with E-state index in [1.54, 1.807) is 33.5 Å². The van der Waals surface area contributed by atoms with Gasteiger partial charge in [0.05, 0.1) is 9.60 Å². The number of hydrogen-bond acceptors (Lipinski definition) is 6. The second-order valence-corrected chi connectivity index (χ2v) is 12.0. The zero-order chi connectivity index (χ0) is 25.0. The van der Waals surface area contributed by atoms with Crippen LogP contribution >= 0.6 is 23.7 Å². The number of halogens is 2. The second-order valence-electron chi connectivity index (χ2n) is 9.04. The van der Waals surface area contributed by atoms with Crippen molar-refractivity contribution in [2.45, 2.75) is 37.0 Å². The predicted octanol–water partition coefficient (Wildman–Crippen LogP) is 5.02. The van der Waals surface area contributed by atoms with E-state index in [1.807, 2.05) is 19.0 Å². The molecule has 0 N–H and O–H groups in total. The molecular formula is C25H32ClFN4O3S2. The first-order valence-corrected chi connectivity index (χ1v) is 14.1. The van der Waals surface area contributed by atoms with E-state index in [-0.39, 0.29) is 28.7 Å². The Kier molecular flexibility index (Phi) is 9.82. The van der Waals surface area contributed by atoms with E-state index >= 15 is 0 Å². The summed E-state index contributed by atoms with van der Waals surface area (Å²) in [4.78, 5) is 21.7. The molecule has 0 radical (unpaired) electrons. The van der Waals surface area contributed by atoms with Gasteiger partial charge in [0, 0.05) is 25.2 Å². The molecule has 2 aromatic carbocycles. The van der Waals surface area contributed by atoms with Gasteiger partial charge in [0.25, 0.3) is 5.91 Å². The first-order valence-electron chi connectivity index (χ1n) is 11.9. The number of carbonyl (C=O) groups is 1. The van der Waals surface area contributed by atoms with E-state index in [9.17, 15) is 17.6 Å². The van der Waals surface area contributed by atoms with E-state index < -0.39 is 15.8 Å². The average molecular weight is 555 g/mol. The molecule has 1 fully saturated rings. The number of para-hydroxylation sites is 1. The molecule has 0 saturated carbocycles. The molecule has 11 heteroatoms. The predicted molar refractivity (Wildman–Crippen MR) is 145 cm³/mol. The van der Waals surface area contributed by atoms with Gasteiger partial charge in [-0.3, -0.25) is 9.69 Å². The number of anilines is 1. The van der Waals surface area contributed by atoms with Gasteiger partial charge >= 0.3 is 0 Å². The molecule has 1 aliphatic heterocycles. The van der Waals surface area contributed by atoms with Gasteiger partial charge in [-0.2, -0.15) is 4.31 Å². The summed E-state index contributed by atoms with van der Waals surface area (Å²) in [6.45, 7) is 2.23. The van der Waals surface area contributed by atoms with Gasteiger partial charge in [-0.15, -0.1) is 12.4 Å². The molecule has 1 aromatic heterocycles. The maximum absolute atomic E-state index is 14.3. The molecule has 7 nitrogen and oxygen atoms in total. The molecule has 1 aliphatic rings. The number of thiazole rings is 1. The van der Waals surface area contributed by atoms with E-state index in [2.05, 4.69) is 4.98 Å². The highest BCUT2D eigenvalue weighted by Gasteiger charge is 2.26. The highest BCUT2D eigenvalue weighted by molar-refractivity contribution is 7.89. The third-order valence-corrected chi connectivity index (χ3v) is 9.08. The molecule has 0 atom stereocenters. The fourth-order valence-electron chi connectivity index (χ4n) is 4.20. The van der Waals surface area contributed by atoms with Gasteiger partial charge in [-0.05, 0) is 76.3 Å². The summed E-state index contributed by atoms with van der Waals surface area (Å²) in [7, 11) is 0.327. The monoisotopic (exact) mass is 554 g/mol. The highest BCUT2D eigenvalue weighted by atomic mass is 35.5. The molecule has 0 aliphatic carbocycles. The molecule has 0 unspecified atom stereocenters. The number of fused-ring (bicyclic) bond motifs is 1. The van der Waals surface area contributed by atoms with Crippen molar-refractivity contribution in [3.8, 4) is 0 Å². The van der Waals surface area contributed by atoms with Gasteiger partial charge in [0.2, 0.25) is 10.0 Å². The van der Waals surface area contributed by atoms with Crippen LogP contribution in [0.3, 0.4) is 0 Å². The van der Waals surface area contributed by atoms with Crippen LogP contribution in [0.5, 0.6) is 0 Å². The average Bonchev–Trinajstić information content (AvgIpc) is 3.07. The number of hydrogen-bond donors (Lipinski definition) is 0. The zero-order valence-corrected chi connectivity index (χ0v) is 23.0. The van der Waals surface area contributed by atoms with Crippen LogP contribution in [0.4, 0.5) is 9.52 Å². The fourth-order valence-corrected chi connectivity index (χ4v) is 6.73. The third kappa shape index (κ3) is 6.41. The normalized spacial score (nSPS) is 15.0. The van der Waals surface area contributed by atoms with Crippen molar-refractivity contribution in [1.82, 2.24) is 14.2 Å². The molecule has 4 rings (SSSR count). The van der Waals surface area contributed by atoms with Crippen LogP contribution in [-0.4, -0.2) is 68.8 Å². The topological polar surface area (TPSA) is 73.8 Å². The first kappa shape index (κ1) is 28.5. The molecule has 1 amide bonds. The van der Waals surface area contributed by atoms with E-state index in [0.29, 0.717) is 41.5 Å². The highest BCUT2D eigenvalue weighted by Crippen LogP contribution is 2.31. The maximum atomic E-state index is 14.3. The maximum Gasteiger partial charge on any atom is 0.260 e. The molecule has 2 heterocycles. The van der Waals surface area contributed by atoms with Crippen molar-refractivity contribution in [2.75, 3.05) is 45.2 Å². The minimum Gasteiger partial charge on any atom is -0.309 e. The Bertz CT molecular complexity index is 1270. The number of benzene rings is 2. The zero-order valence-electron chi connectivity index (χ0n) is 20.5. The van der Waals surface area contributed by atoms with Crippen LogP contribution in [0.2, 0.25) is 0 Å². The Balaban J connectivity index is 0.00000361. The lowest BCUT2D eigenvalue weighted by Gasteiger charge is -2.22. The Morgan fingerprint density at radius 2 is 1.69 bits per heavy atom. The Labute approximate surface area is 222 Å². The number of nitrogens with zero attached hydrogens (tertiary/aromatic N) is 4. The minimum absolute atomic E-state index is 0. The molecular weight excluding hydrogens is 523 g/mol. The molecule has 36 heavy (non-hydrogen) atoms. The van der Waals surface area contributed by atoms with Crippen molar-refractivity contribution in [3.05, 3.63) is 53.8 Å². The quantitative estimate of drug-likeness (QED) is 0.391. The van der Waals surface area contributed by atoms with Crippen LogP contribution in [0, 0.1) is 5.82 Å². The van der Waals surface area contributed by atoms with Gasteiger partial charge in [0.1, 0.15) is 11.3 Å². The third-order valence-electron chi connectivity index (χ3n) is 6.13. The van der Waals surface area contributed by atoms with Crippen molar-refractivity contribution < 1.29 is 17.6 Å². The number of aromatic nitrogens is 1. The lowest BCUT2D eigenvalue weighted by atomic mass is 10.2. The van der Waals surface area contributed by atoms with Crippen LogP contribution in [0.15, 0.2) is 47.4 Å². The Morgan fingerprint density at radius 1 is 1.03 bits per heavy atom. The van der Waals surface area contributed by atoms with E-state index in [4.69, 9.17) is 0 Å². The van der Waals surface area contributed by atoms with Crippen LogP contribution < -0.4 is 4.90 Å². The van der Waals surface area contributed by atoms with E-state index in [0.717, 1.165) is 32.2 Å². The minimum atomic E-state index is -3.60. The number of amides is 1. The molecule has 0 spiro atoms. The fraction of sp³-hybridized carbons (Fsp3) is 0.440. The summed E-state index contributed by atoms with van der Waals surface area (Å²) in [6.07, 6.45) is 4.51. The number of carbonyl (C=O) groups excluding carboxylic acids is 1. The SMILES string of the molecule is CN(C)CCCN(C(=O)c1ccc(S(=O)(=O)N2CCCCCC2)cc1)c1nc2c(F)cccc2s1.Cl. The van der Waals surface area contributed by atoms with Crippen LogP contribution in [0.1, 0.15) is 42.5 Å². The van der Waals surface area contributed by atoms with Crippen LogP contribution in [-0.2, 0) is 10.0 Å². The summed E-state index contributed by atoms with van der Waals surface area (Å²) >= 11 is 1.27. The largest absolute Gasteiger partial charge is 0.309 e. The van der Waals surface area contributed by atoms with Gasteiger partial charge in [-0.25, -0.2) is 17.8 Å². The lowest BCUT2D eigenvalue weighted by Crippen LogP contribution is -2.34. The molecule has 0 bridgehead atoms. The van der Waals surface area contributed by atoms with E-state index in [1.165, 1.54) is 29.5 Å². The Hall–Kier alpha value is -2.11. The number of rotatable bonds is 8. The molecule has 1 saturated heterocycles. The Morgan fingerprint density at radius 3 is 2.31 bits per heavy atom. The summed E-state index contributed by atoms with van der Waals surface area (Å²) in [5.41, 5.74) is 0.612. The van der Waals surface area contributed by atoms with Gasteiger partial charge < -0.3 is 4.90 Å². The summed E-state index contributed by atoms with van der Waals surface area (Å²) < 4.78 is 42.7. The van der Waals surface area contributed by atoms with Crippen molar-refractivity contribution in [3.63, 3.8) is 0 Å². The van der Waals surface area contributed by atoms with Crippen LogP contribution in [0.25, 0.3) is 10.2 Å². The van der Waals surface area contributed by atoms with Crippen molar-refractivity contribution in [1.29, 1.82) is 0 Å². The van der Waals surface area contributed by atoms with Crippen molar-refractivity contribution >= 4 is 55.0 Å².